The van der Waals surface area contributed by atoms with Gasteiger partial charge in [0.1, 0.15) is 0 Å². The maximum Gasteiger partial charge on any atom is 0.179 e. The van der Waals surface area contributed by atoms with Crippen LogP contribution in [0.3, 0.4) is 0 Å². The highest BCUT2D eigenvalue weighted by atomic mass is 28.3. The molecule has 0 atom stereocenters. The standard InChI is InChI=1S/C52H42N2Si/c1-3-52(4-2)48-34-38(37-27-31-51-47(33-37)46-24-14-15-25-50(46)54(51)39-17-16-32-53-36-39)26-29-44(48)45-30-28-43(35-49(45)52)55(40-18-8-5-9-19-40,41-20-10-6-11-21-41)42-22-12-7-13-23-42/h5-36H,3-4H2,1-2H3. The maximum absolute atomic E-state index is 4.45. The van der Waals surface area contributed by atoms with Crippen LogP contribution in [0.1, 0.15) is 37.8 Å². The number of hydrogen-bond acceptors (Lipinski definition) is 1. The van der Waals surface area contributed by atoms with Gasteiger partial charge in [-0.3, -0.25) is 4.98 Å². The zero-order valence-electron chi connectivity index (χ0n) is 31.3. The first-order valence-corrected chi connectivity index (χ1v) is 21.6. The molecule has 264 valence electrons. The predicted octanol–water partition coefficient (Wildman–Crippen LogP) is 10.3. The average molecular weight is 723 g/mol. The highest BCUT2D eigenvalue weighted by Gasteiger charge is 2.45. The summed E-state index contributed by atoms with van der Waals surface area (Å²) in [5, 5.41) is 8.16. The van der Waals surface area contributed by atoms with Crippen LogP contribution >= 0.6 is 0 Å². The van der Waals surface area contributed by atoms with Crippen molar-refractivity contribution in [3.8, 4) is 27.9 Å². The Balaban J connectivity index is 1.15. The molecule has 0 amide bonds. The van der Waals surface area contributed by atoms with Crippen LogP contribution in [0.25, 0.3) is 49.7 Å². The van der Waals surface area contributed by atoms with Crippen LogP contribution < -0.4 is 20.7 Å². The van der Waals surface area contributed by atoms with Crippen LogP contribution in [-0.4, -0.2) is 17.6 Å². The molecular weight excluding hydrogens is 681 g/mol. The number of nitrogens with zero attached hydrogens (tertiary/aromatic N) is 2. The number of aromatic nitrogens is 2. The summed E-state index contributed by atoms with van der Waals surface area (Å²) >= 11 is 0. The van der Waals surface area contributed by atoms with Crippen molar-refractivity contribution in [1.82, 2.24) is 9.55 Å². The van der Waals surface area contributed by atoms with E-state index in [1.54, 1.807) is 0 Å². The van der Waals surface area contributed by atoms with Crippen molar-refractivity contribution in [2.75, 3.05) is 0 Å². The molecule has 10 rings (SSSR count). The van der Waals surface area contributed by atoms with Crippen LogP contribution in [0, 0.1) is 0 Å². The molecule has 7 aromatic carbocycles. The molecule has 0 radical (unpaired) electrons. The first-order chi connectivity index (χ1) is 27.2. The molecule has 0 bridgehead atoms. The fraction of sp³-hybridized carbons (Fsp3) is 0.0962. The Labute approximate surface area is 324 Å². The van der Waals surface area contributed by atoms with Gasteiger partial charge < -0.3 is 4.57 Å². The van der Waals surface area contributed by atoms with E-state index in [1.807, 2.05) is 18.5 Å². The molecule has 0 fully saturated rings. The smallest absolute Gasteiger partial charge is 0.179 e. The Bertz CT molecular complexity index is 2720. The third-order valence-electron chi connectivity index (χ3n) is 12.5. The van der Waals surface area contributed by atoms with Gasteiger partial charge in [-0.15, -0.1) is 0 Å². The molecule has 3 heteroatoms. The molecule has 0 spiro atoms. The van der Waals surface area contributed by atoms with Gasteiger partial charge in [0.25, 0.3) is 0 Å². The van der Waals surface area contributed by atoms with E-state index in [2.05, 4.69) is 199 Å². The SMILES string of the molecule is CCC1(CC)c2cc(-c3ccc4c(c3)c3ccccc3n4-c3cccnc3)ccc2-c2ccc([Si](c3ccccc3)(c3ccccc3)c3ccccc3)cc21. The molecule has 0 unspecified atom stereocenters. The summed E-state index contributed by atoms with van der Waals surface area (Å²) in [6.07, 6.45) is 5.85. The Morgan fingerprint density at radius 2 is 1.02 bits per heavy atom. The normalized spacial score (nSPS) is 13.2. The van der Waals surface area contributed by atoms with Gasteiger partial charge in [-0.2, -0.15) is 0 Å². The average Bonchev–Trinajstić information content (AvgIpc) is 3.74. The summed E-state index contributed by atoms with van der Waals surface area (Å²) in [4.78, 5) is 4.45. The van der Waals surface area contributed by atoms with Crippen molar-refractivity contribution in [2.45, 2.75) is 32.1 Å². The van der Waals surface area contributed by atoms with E-state index < -0.39 is 8.07 Å². The molecule has 1 aliphatic rings. The highest BCUT2D eigenvalue weighted by Crippen LogP contribution is 2.53. The lowest BCUT2D eigenvalue weighted by atomic mass is 9.73. The first kappa shape index (κ1) is 33.3. The maximum atomic E-state index is 4.45. The van der Waals surface area contributed by atoms with E-state index in [0.717, 1.165) is 18.5 Å². The molecule has 55 heavy (non-hydrogen) atoms. The monoisotopic (exact) mass is 722 g/mol. The number of fused-ring (bicyclic) bond motifs is 6. The van der Waals surface area contributed by atoms with Gasteiger partial charge in [0, 0.05) is 22.4 Å². The molecular formula is C52H42N2Si. The van der Waals surface area contributed by atoms with E-state index in [4.69, 9.17) is 0 Å². The molecule has 0 saturated carbocycles. The van der Waals surface area contributed by atoms with Gasteiger partial charge in [-0.25, -0.2) is 0 Å². The van der Waals surface area contributed by atoms with E-state index >= 15 is 0 Å². The predicted molar refractivity (Wildman–Crippen MR) is 234 cm³/mol. The van der Waals surface area contributed by atoms with Crippen molar-refractivity contribution in [1.29, 1.82) is 0 Å². The summed E-state index contributed by atoms with van der Waals surface area (Å²) in [7, 11) is -2.67. The molecule has 0 saturated heterocycles. The molecule has 9 aromatic rings. The Kier molecular flexibility index (Phi) is 8.01. The number of para-hydroxylation sites is 1. The summed E-state index contributed by atoms with van der Waals surface area (Å²) in [5.41, 5.74) is 11.5. The van der Waals surface area contributed by atoms with Crippen LogP contribution in [0.4, 0.5) is 0 Å². The van der Waals surface area contributed by atoms with Crippen molar-refractivity contribution >= 4 is 50.6 Å². The summed E-state index contributed by atoms with van der Waals surface area (Å²) < 4.78 is 2.33. The zero-order chi connectivity index (χ0) is 37.0. The third kappa shape index (κ3) is 4.96. The zero-order valence-corrected chi connectivity index (χ0v) is 32.3. The number of hydrogen-bond donors (Lipinski definition) is 0. The van der Waals surface area contributed by atoms with Crippen LogP contribution in [-0.2, 0) is 5.41 Å². The number of benzene rings is 7. The van der Waals surface area contributed by atoms with Crippen LogP contribution in [0.5, 0.6) is 0 Å². The Hall–Kier alpha value is -6.29. The van der Waals surface area contributed by atoms with Crippen molar-refractivity contribution in [2.24, 2.45) is 0 Å². The topological polar surface area (TPSA) is 17.8 Å². The molecule has 2 aromatic heterocycles. The van der Waals surface area contributed by atoms with Gasteiger partial charge in [-0.1, -0.05) is 159 Å². The van der Waals surface area contributed by atoms with Gasteiger partial charge in [-0.05, 0) is 103 Å². The second-order valence-electron chi connectivity index (χ2n) is 15.0. The van der Waals surface area contributed by atoms with Crippen LogP contribution in [0.2, 0.25) is 0 Å². The van der Waals surface area contributed by atoms with E-state index in [0.29, 0.717) is 0 Å². The van der Waals surface area contributed by atoms with Gasteiger partial charge >= 0.3 is 0 Å². The summed E-state index contributed by atoms with van der Waals surface area (Å²) in [5.74, 6) is 0. The summed E-state index contributed by atoms with van der Waals surface area (Å²) in [6.45, 7) is 4.77. The fourth-order valence-electron chi connectivity index (χ4n) is 9.90. The Morgan fingerprint density at radius 1 is 0.473 bits per heavy atom. The lowest BCUT2D eigenvalue weighted by Crippen LogP contribution is -2.74. The second kappa shape index (κ2) is 13.2. The third-order valence-corrected chi connectivity index (χ3v) is 17.3. The lowest BCUT2D eigenvalue weighted by molar-refractivity contribution is 0.491. The fourth-order valence-corrected chi connectivity index (χ4v) is 14.7. The molecule has 1 aliphatic carbocycles. The van der Waals surface area contributed by atoms with Gasteiger partial charge in [0.05, 0.1) is 22.9 Å². The molecule has 0 N–H and O–H groups in total. The van der Waals surface area contributed by atoms with Crippen molar-refractivity contribution < 1.29 is 0 Å². The minimum absolute atomic E-state index is 0.0959. The van der Waals surface area contributed by atoms with Crippen LogP contribution in [0.15, 0.2) is 194 Å². The minimum Gasteiger partial charge on any atom is -0.308 e. The minimum atomic E-state index is -2.67. The highest BCUT2D eigenvalue weighted by molar-refractivity contribution is 7.19. The molecule has 2 nitrogen and oxygen atoms in total. The van der Waals surface area contributed by atoms with E-state index in [1.165, 1.54) is 75.9 Å². The largest absolute Gasteiger partial charge is 0.308 e. The first-order valence-electron chi connectivity index (χ1n) is 19.6. The second-order valence-corrected chi connectivity index (χ2v) is 18.8. The van der Waals surface area contributed by atoms with E-state index in [9.17, 15) is 0 Å². The quantitative estimate of drug-likeness (QED) is 0.113. The number of rotatable bonds is 8. The van der Waals surface area contributed by atoms with Gasteiger partial charge in [0.2, 0.25) is 0 Å². The molecule has 0 aliphatic heterocycles. The number of pyridine rings is 1. The lowest BCUT2D eigenvalue weighted by Gasteiger charge is -2.36. The van der Waals surface area contributed by atoms with Gasteiger partial charge in [0.15, 0.2) is 8.07 Å². The van der Waals surface area contributed by atoms with E-state index in [-0.39, 0.29) is 5.41 Å². The summed E-state index contributed by atoms with van der Waals surface area (Å²) in [6, 6.07) is 68.5. The van der Waals surface area contributed by atoms with Crippen molar-refractivity contribution in [3.05, 3.63) is 206 Å². The Morgan fingerprint density at radius 3 is 1.64 bits per heavy atom. The molecule has 2 heterocycles. The van der Waals surface area contributed by atoms with Crippen molar-refractivity contribution in [3.63, 3.8) is 0 Å².